The summed E-state index contributed by atoms with van der Waals surface area (Å²) in [5.74, 6) is 0.866. The van der Waals surface area contributed by atoms with Gasteiger partial charge in [0.25, 0.3) is 0 Å². The highest BCUT2D eigenvalue weighted by Crippen LogP contribution is 2.34. The van der Waals surface area contributed by atoms with Gasteiger partial charge in [-0.15, -0.1) is 0 Å². The van der Waals surface area contributed by atoms with Crippen LogP contribution in [0.15, 0.2) is 36.4 Å². The van der Waals surface area contributed by atoms with E-state index < -0.39 is 0 Å². The number of rotatable bonds is 5. The maximum Gasteiger partial charge on any atom is 0.223 e. The van der Waals surface area contributed by atoms with Crippen LogP contribution in [0, 0.1) is 5.92 Å². The summed E-state index contributed by atoms with van der Waals surface area (Å²) in [7, 11) is 0. The molecule has 1 aliphatic heterocycles. The molecule has 1 N–H and O–H groups in total. The van der Waals surface area contributed by atoms with Crippen molar-refractivity contribution >= 4 is 29.1 Å². The molecule has 0 bridgehead atoms. The van der Waals surface area contributed by atoms with Crippen LogP contribution in [0.5, 0.6) is 5.75 Å². The molecule has 2 aromatic rings. The van der Waals surface area contributed by atoms with Crippen molar-refractivity contribution in [1.29, 1.82) is 0 Å². The predicted octanol–water partition coefficient (Wildman–Crippen LogP) is 5.13. The van der Waals surface area contributed by atoms with Gasteiger partial charge in [0.05, 0.1) is 6.10 Å². The van der Waals surface area contributed by atoms with Crippen LogP contribution in [0.4, 0.5) is 0 Å². The van der Waals surface area contributed by atoms with Crippen molar-refractivity contribution in [2.24, 2.45) is 5.92 Å². The van der Waals surface area contributed by atoms with E-state index in [1.807, 2.05) is 50.2 Å². The fourth-order valence-electron chi connectivity index (χ4n) is 3.05. The van der Waals surface area contributed by atoms with Crippen LogP contribution in [-0.2, 0) is 11.2 Å². The first-order valence-corrected chi connectivity index (χ1v) is 9.22. The van der Waals surface area contributed by atoms with Gasteiger partial charge in [-0.25, -0.2) is 0 Å². The molecule has 1 saturated heterocycles. The average Bonchev–Trinajstić information content (AvgIpc) is 2.96. The van der Waals surface area contributed by atoms with Crippen molar-refractivity contribution in [3.05, 3.63) is 52.0 Å². The van der Waals surface area contributed by atoms with E-state index in [1.165, 1.54) is 0 Å². The molecule has 0 spiro atoms. The molecular weight excluding hydrogens is 357 g/mol. The van der Waals surface area contributed by atoms with Gasteiger partial charge in [-0.1, -0.05) is 35.3 Å². The molecule has 0 aliphatic carbocycles. The minimum Gasteiger partial charge on any atom is -0.491 e. The largest absolute Gasteiger partial charge is 0.491 e. The first kappa shape index (κ1) is 18.1. The van der Waals surface area contributed by atoms with Gasteiger partial charge >= 0.3 is 0 Å². The standard InChI is InChI=1S/C20H21Cl2NO2/c1-12(2)25-16-5-3-13(4-6-16)15-10-18(21)17(19(22)11-15)9-14-7-8-23-20(14)24/h3-6,10-12,14H,7-9H2,1-2H3,(H,23,24)/t14-/m0/s1. The van der Waals surface area contributed by atoms with E-state index in [-0.39, 0.29) is 17.9 Å². The molecule has 3 rings (SSSR count). The first-order chi connectivity index (χ1) is 11.9. The van der Waals surface area contributed by atoms with Crippen LogP contribution in [0.1, 0.15) is 25.8 Å². The summed E-state index contributed by atoms with van der Waals surface area (Å²) in [6.07, 6.45) is 1.54. The van der Waals surface area contributed by atoms with Crippen molar-refractivity contribution < 1.29 is 9.53 Å². The Morgan fingerprint density at radius 1 is 1.12 bits per heavy atom. The maximum absolute atomic E-state index is 11.8. The molecule has 1 fully saturated rings. The third-order valence-electron chi connectivity index (χ3n) is 4.31. The zero-order valence-electron chi connectivity index (χ0n) is 14.3. The highest BCUT2D eigenvalue weighted by molar-refractivity contribution is 6.36. The molecule has 2 aromatic carbocycles. The Bertz CT molecular complexity index is 749. The molecular formula is C20H21Cl2NO2. The number of hydrogen-bond donors (Lipinski definition) is 1. The molecule has 25 heavy (non-hydrogen) atoms. The molecule has 132 valence electrons. The number of ether oxygens (including phenoxy) is 1. The van der Waals surface area contributed by atoms with E-state index in [1.54, 1.807) is 0 Å². The minimum absolute atomic E-state index is 0.0479. The lowest BCUT2D eigenvalue weighted by atomic mass is 9.95. The van der Waals surface area contributed by atoms with E-state index in [9.17, 15) is 4.79 Å². The second-order valence-corrected chi connectivity index (χ2v) is 7.40. The molecule has 5 heteroatoms. The molecule has 1 amide bonds. The Balaban J connectivity index is 1.82. The van der Waals surface area contributed by atoms with E-state index >= 15 is 0 Å². The summed E-state index contributed by atoms with van der Waals surface area (Å²) in [5.41, 5.74) is 2.81. The number of amides is 1. The van der Waals surface area contributed by atoms with Crippen LogP contribution in [0.2, 0.25) is 10.0 Å². The molecule has 3 nitrogen and oxygen atoms in total. The van der Waals surface area contributed by atoms with Crippen molar-refractivity contribution in [3.63, 3.8) is 0 Å². The van der Waals surface area contributed by atoms with E-state index in [0.717, 1.165) is 35.4 Å². The second kappa shape index (κ2) is 7.67. The average molecular weight is 378 g/mol. The SMILES string of the molecule is CC(C)Oc1ccc(-c2cc(Cl)c(C[C@@H]3CCNC3=O)c(Cl)c2)cc1. The molecule has 1 heterocycles. The van der Waals surface area contributed by atoms with E-state index in [0.29, 0.717) is 16.5 Å². The Morgan fingerprint density at radius 2 is 1.76 bits per heavy atom. The quantitative estimate of drug-likeness (QED) is 0.784. The van der Waals surface area contributed by atoms with Gasteiger partial charge in [-0.05, 0) is 67.6 Å². The fraction of sp³-hybridized carbons (Fsp3) is 0.350. The van der Waals surface area contributed by atoms with Crippen LogP contribution in [-0.4, -0.2) is 18.6 Å². The van der Waals surface area contributed by atoms with Crippen molar-refractivity contribution in [2.75, 3.05) is 6.54 Å². The maximum atomic E-state index is 11.8. The first-order valence-electron chi connectivity index (χ1n) is 8.46. The minimum atomic E-state index is -0.0479. The van der Waals surface area contributed by atoms with Crippen molar-refractivity contribution in [3.8, 4) is 16.9 Å². The van der Waals surface area contributed by atoms with Crippen LogP contribution >= 0.6 is 23.2 Å². The Labute approximate surface area is 158 Å². The van der Waals surface area contributed by atoms with Gasteiger partial charge in [-0.3, -0.25) is 4.79 Å². The van der Waals surface area contributed by atoms with Crippen LogP contribution in [0.25, 0.3) is 11.1 Å². The molecule has 1 aliphatic rings. The Morgan fingerprint density at radius 3 is 2.28 bits per heavy atom. The smallest absolute Gasteiger partial charge is 0.223 e. The molecule has 1 atom stereocenters. The van der Waals surface area contributed by atoms with Crippen LogP contribution < -0.4 is 10.1 Å². The number of halogens is 2. The predicted molar refractivity (Wildman–Crippen MR) is 102 cm³/mol. The number of carbonyl (C=O) groups excluding carboxylic acids is 1. The topological polar surface area (TPSA) is 38.3 Å². The molecule has 0 unspecified atom stereocenters. The Hall–Kier alpha value is -1.71. The van der Waals surface area contributed by atoms with E-state index in [4.69, 9.17) is 27.9 Å². The zero-order chi connectivity index (χ0) is 18.0. The summed E-state index contributed by atoms with van der Waals surface area (Å²) in [4.78, 5) is 11.8. The van der Waals surface area contributed by atoms with Gasteiger partial charge in [0.1, 0.15) is 5.75 Å². The summed E-state index contributed by atoms with van der Waals surface area (Å²) in [6, 6.07) is 11.7. The molecule has 0 aromatic heterocycles. The third-order valence-corrected chi connectivity index (χ3v) is 4.99. The third kappa shape index (κ3) is 4.28. The molecule has 0 saturated carbocycles. The number of benzene rings is 2. The summed E-state index contributed by atoms with van der Waals surface area (Å²) < 4.78 is 5.67. The summed E-state index contributed by atoms with van der Waals surface area (Å²) in [5, 5.41) is 4.05. The number of carbonyl (C=O) groups is 1. The van der Waals surface area contributed by atoms with Gasteiger partial charge in [-0.2, -0.15) is 0 Å². The van der Waals surface area contributed by atoms with Crippen molar-refractivity contribution in [2.45, 2.75) is 32.8 Å². The second-order valence-electron chi connectivity index (χ2n) is 6.59. The van der Waals surface area contributed by atoms with E-state index in [2.05, 4.69) is 5.32 Å². The molecule has 0 radical (unpaired) electrons. The normalized spacial score (nSPS) is 17.0. The highest BCUT2D eigenvalue weighted by Gasteiger charge is 2.26. The van der Waals surface area contributed by atoms with Gasteiger partial charge in [0, 0.05) is 22.5 Å². The van der Waals surface area contributed by atoms with Gasteiger partial charge in [0.15, 0.2) is 0 Å². The summed E-state index contributed by atoms with van der Waals surface area (Å²) >= 11 is 12.9. The lowest BCUT2D eigenvalue weighted by Gasteiger charge is -2.14. The highest BCUT2D eigenvalue weighted by atomic mass is 35.5. The monoisotopic (exact) mass is 377 g/mol. The fourth-order valence-corrected chi connectivity index (χ4v) is 3.69. The van der Waals surface area contributed by atoms with Crippen LogP contribution in [0.3, 0.4) is 0 Å². The lowest BCUT2D eigenvalue weighted by Crippen LogP contribution is -2.20. The zero-order valence-corrected chi connectivity index (χ0v) is 15.8. The van der Waals surface area contributed by atoms with Crippen molar-refractivity contribution in [1.82, 2.24) is 5.32 Å². The number of hydrogen-bond acceptors (Lipinski definition) is 2. The Kier molecular flexibility index (Phi) is 5.55. The summed E-state index contributed by atoms with van der Waals surface area (Å²) in [6.45, 7) is 4.72. The van der Waals surface area contributed by atoms with Gasteiger partial charge in [0.2, 0.25) is 5.91 Å². The lowest BCUT2D eigenvalue weighted by molar-refractivity contribution is -0.122. The van der Waals surface area contributed by atoms with Gasteiger partial charge < -0.3 is 10.1 Å². The number of nitrogens with one attached hydrogen (secondary N) is 1.